The molecule has 0 spiro atoms. The summed E-state index contributed by atoms with van der Waals surface area (Å²) in [6.07, 6.45) is 2.26. The maximum Gasteiger partial charge on any atom is 0.298 e. The Balaban J connectivity index is 2.21. The first-order valence-corrected chi connectivity index (χ1v) is 7.87. The Bertz CT molecular complexity index is 562. The Kier molecular flexibility index (Phi) is 5.10. The van der Waals surface area contributed by atoms with Crippen molar-refractivity contribution in [3.63, 3.8) is 0 Å². The van der Waals surface area contributed by atoms with Gasteiger partial charge in [0.15, 0.2) is 5.58 Å². The molecule has 0 bridgehead atoms. The average molecular weight is 289 g/mol. The van der Waals surface area contributed by atoms with Gasteiger partial charge in [0.05, 0.1) is 5.69 Å². The third-order valence-corrected chi connectivity index (χ3v) is 3.66. The van der Waals surface area contributed by atoms with Crippen molar-refractivity contribution in [3.05, 3.63) is 18.2 Å². The van der Waals surface area contributed by atoms with Gasteiger partial charge in [0.1, 0.15) is 5.52 Å². The molecule has 2 rings (SSSR count). The van der Waals surface area contributed by atoms with Crippen molar-refractivity contribution in [2.75, 3.05) is 23.7 Å². The van der Waals surface area contributed by atoms with E-state index in [1.807, 2.05) is 18.2 Å². The molecule has 4 nitrogen and oxygen atoms in total. The SMILES string of the molecule is CC(C)CCN(CCC(C)C)c1nc2c(N)cccc2o1. The molecule has 4 heteroatoms. The van der Waals surface area contributed by atoms with Crippen molar-refractivity contribution in [2.24, 2.45) is 11.8 Å². The van der Waals surface area contributed by atoms with Gasteiger partial charge in [-0.1, -0.05) is 33.8 Å². The van der Waals surface area contributed by atoms with Gasteiger partial charge in [-0.05, 0) is 36.8 Å². The van der Waals surface area contributed by atoms with Crippen LogP contribution in [0.4, 0.5) is 11.7 Å². The zero-order chi connectivity index (χ0) is 15.4. The number of oxazole rings is 1. The summed E-state index contributed by atoms with van der Waals surface area (Å²) in [5.74, 6) is 1.34. The molecule has 0 atom stereocenters. The van der Waals surface area contributed by atoms with E-state index in [1.54, 1.807) is 0 Å². The van der Waals surface area contributed by atoms with Crippen LogP contribution in [0.1, 0.15) is 40.5 Å². The maximum atomic E-state index is 5.97. The molecular formula is C17H27N3O. The summed E-state index contributed by atoms with van der Waals surface area (Å²) in [5.41, 5.74) is 8.19. The summed E-state index contributed by atoms with van der Waals surface area (Å²) < 4.78 is 5.91. The van der Waals surface area contributed by atoms with E-state index in [0.717, 1.165) is 37.0 Å². The van der Waals surface area contributed by atoms with Gasteiger partial charge in [-0.25, -0.2) is 0 Å². The smallest absolute Gasteiger partial charge is 0.298 e. The molecule has 1 aromatic heterocycles. The number of anilines is 2. The first-order chi connectivity index (χ1) is 9.97. The Labute approximate surface area is 127 Å². The van der Waals surface area contributed by atoms with Crippen molar-refractivity contribution >= 4 is 22.8 Å². The quantitative estimate of drug-likeness (QED) is 0.772. The number of nitrogens with two attached hydrogens (primary N) is 1. The molecule has 0 aliphatic rings. The van der Waals surface area contributed by atoms with Crippen LogP contribution in [-0.2, 0) is 0 Å². The Morgan fingerprint density at radius 3 is 2.24 bits per heavy atom. The van der Waals surface area contributed by atoms with Crippen LogP contribution in [0.3, 0.4) is 0 Å². The predicted octanol–water partition coefficient (Wildman–Crippen LogP) is 4.31. The van der Waals surface area contributed by atoms with E-state index < -0.39 is 0 Å². The predicted molar refractivity (Wildman–Crippen MR) is 89.5 cm³/mol. The molecule has 0 fully saturated rings. The van der Waals surface area contributed by atoms with Gasteiger partial charge in [-0.3, -0.25) is 0 Å². The van der Waals surface area contributed by atoms with Crippen LogP contribution in [0.2, 0.25) is 0 Å². The number of nitrogens with zero attached hydrogens (tertiary/aromatic N) is 2. The minimum Gasteiger partial charge on any atom is -0.423 e. The van der Waals surface area contributed by atoms with E-state index in [-0.39, 0.29) is 0 Å². The number of hydrogen-bond acceptors (Lipinski definition) is 4. The summed E-state index contributed by atoms with van der Waals surface area (Å²) in [6.45, 7) is 10.9. The zero-order valence-corrected chi connectivity index (χ0v) is 13.6. The largest absolute Gasteiger partial charge is 0.423 e. The van der Waals surface area contributed by atoms with Gasteiger partial charge in [-0.15, -0.1) is 0 Å². The molecule has 2 aromatic rings. The molecular weight excluding hydrogens is 262 g/mol. The fourth-order valence-corrected chi connectivity index (χ4v) is 2.22. The van der Waals surface area contributed by atoms with E-state index in [2.05, 4.69) is 37.6 Å². The monoisotopic (exact) mass is 289 g/mol. The lowest BCUT2D eigenvalue weighted by atomic mass is 10.1. The van der Waals surface area contributed by atoms with Gasteiger partial charge < -0.3 is 15.1 Å². The molecule has 0 saturated carbocycles. The summed E-state index contributed by atoms with van der Waals surface area (Å²) in [7, 11) is 0. The second kappa shape index (κ2) is 6.83. The van der Waals surface area contributed by atoms with Crippen LogP contribution in [0.25, 0.3) is 11.1 Å². The second-order valence-electron chi connectivity index (χ2n) is 6.54. The third-order valence-electron chi connectivity index (χ3n) is 3.66. The third kappa shape index (κ3) is 4.13. The highest BCUT2D eigenvalue weighted by Crippen LogP contribution is 2.26. The Hall–Kier alpha value is -1.71. The van der Waals surface area contributed by atoms with Crippen molar-refractivity contribution in [1.82, 2.24) is 4.98 Å². The summed E-state index contributed by atoms with van der Waals surface area (Å²) in [4.78, 5) is 6.85. The van der Waals surface area contributed by atoms with Gasteiger partial charge in [0.2, 0.25) is 0 Å². The van der Waals surface area contributed by atoms with E-state index >= 15 is 0 Å². The first-order valence-electron chi connectivity index (χ1n) is 7.87. The highest BCUT2D eigenvalue weighted by Gasteiger charge is 2.16. The van der Waals surface area contributed by atoms with Gasteiger partial charge >= 0.3 is 0 Å². The minimum absolute atomic E-state index is 0.668. The summed E-state index contributed by atoms with van der Waals surface area (Å²) in [6, 6.07) is 6.38. The molecule has 1 heterocycles. The maximum absolute atomic E-state index is 5.97. The zero-order valence-electron chi connectivity index (χ0n) is 13.6. The summed E-state index contributed by atoms with van der Waals surface area (Å²) in [5, 5.41) is 0. The van der Waals surface area contributed by atoms with E-state index in [9.17, 15) is 0 Å². The lowest BCUT2D eigenvalue weighted by molar-refractivity contribution is 0.496. The topological polar surface area (TPSA) is 55.3 Å². The fraction of sp³-hybridized carbons (Fsp3) is 0.588. The van der Waals surface area contributed by atoms with Gasteiger partial charge in [-0.2, -0.15) is 4.98 Å². The van der Waals surface area contributed by atoms with E-state index in [0.29, 0.717) is 23.5 Å². The number of hydrogen-bond donors (Lipinski definition) is 1. The molecule has 1 aromatic carbocycles. The van der Waals surface area contributed by atoms with Crippen molar-refractivity contribution < 1.29 is 4.42 Å². The van der Waals surface area contributed by atoms with Crippen LogP contribution in [-0.4, -0.2) is 18.1 Å². The molecule has 0 aliphatic carbocycles. The number of nitrogen functional groups attached to an aromatic ring is 1. The highest BCUT2D eigenvalue weighted by atomic mass is 16.4. The fourth-order valence-electron chi connectivity index (χ4n) is 2.22. The van der Waals surface area contributed by atoms with Crippen LogP contribution >= 0.6 is 0 Å². The lowest BCUT2D eigenvalue weighted by Crippen LogP contribution is -2.27. The number of para-hydroxylation sites is 1. The number of fused-ring (bicyclic) bond motifs is 1. The van der Waals surface area contributed by atoms with Crippen molar-refractivity contribution in [1.29, 1.82) is 0 Å². The Morgan fingerprint density at radius 2 is 1.71 bits per heavy atom. The average Bonchev–Trinajstić information content (AvgIpc) is 2.83. The second-order valence-corrected chi connectivity index (χ2v) is 6.54. The number of aromatic nitrogens is 1. The van der Waals surface area contributed by atoms with E-state index in [4.69, 9.17) is 10.2 Å². The number of rotatable bonds is 7. The van der Waals surface area contributed by atoms with Crippen LogP contribution in [0, 0.1) is 11.8 Å². The molecule has 116 valence electrons. The molecule has 0 unspecified atom stereocenters. The molecule has 0 saturated heterocycles. The minimum atomic E-state index is 0.668. The molecule has 0 amide bonds. The van der Waals surface area contributed by atoms with Crippen LogP contribution in [0.5, 0.6) is 0 Å². The standard InChI is InChI=1S/C17H27N3O/c1-12(2)8-10-20(11-9-13(3)4)17-19-16-14(18)6-5-7-15(16)21-17/h5-7,12-13H,8-11,18H2,1-4H3. The molecule has 0 radical (unpaired) electrons. The lowest BCUT2D eigenvalue weighted by Gasteiger charge is -2.22. The first kappa shape index (κ1) is 15.7. The van der Waals surface area contributed by atoms with Crippen molar-refractivity contribution in [3.8, 4) is 0 Å². The van der Waals surface area contributed by atoms with E-state index in [1.165, 1.54) is 0 Å². The van der Waals surface area contributed by atoms with Gasteiger partial charge in [0, 0.05) is 13.1 Å². The number of benzene rings is 1. The van der Waals surface area contributed by atoms with Crippen LogP contribution < -0.4 is 10.6 Å². The summed E-state index contributed by atoms with van der Waals surface area (Å²) >= 11 is 0. The van der Waals surface area contributed by atoms with Gasteiger partial charge in [0.25, 0.3) is 6.01 Å². The normalized spacial score (nSPS) is 11.7. The molecule has 2 N–H and O–H groups in total. The van der Waals surface area contributed by atoms with Crippen molar-refractivity contribution in [2.45, 2.75) is 40.5 Å². The van der Waals surface area contributed by atoms with Crippen LogP contribution in [0.15, 0.2) is 22.6 Å². The molecule has 21 heavy (non-hydrogen) atoms. The Morgan fingerprint density at radius 1 is 1.10 bits per heavy atom. The molecule has 0 aliphatic heterocycles. The highest BCUT2D eigenvalue weighted by molar-refractivity contribution is 5.86.